The van der Waals surface area contributed by atoms with Gasteiger partial charge in [-0.25, -0.2) is 0 Å². The highest BCUT2D eigenvalue weighted by atomic mass is 32.1. The van der Waals surface area contributed by atoms with Crippen LogP contribution in [0, 0.1) is 5.92 Å². The molecule has 35 heavy (non-hydrogen) atoms. The van der Waals surface area contributed by atoms with Crippen molar-refractivity contribution in [1.29, 1.82) is 0 Å². The van der Waals surface area contributed by atoms with E-state index in [-0.39, 0.29) is 0 Å². The zero-order valence-electron chi connectivity index (χ0n) is 22.3. The van der Waals surface area contributed by atoms with Gasteiger partial charge in [-0.3, -0.25) is 0 Å². The topological polar surface area (TPSA) is 46.2 Å². The summed E-state index contributed by atoms with van der Waals surface area (Å²) >= 11 is 4.40. The largest absolute Gasteiger partial charge is 0.365 e. The number of hydrogen-bond donors (Lipinski definition) is 3. The molecule has 0 fully saturated rings. The first-order chi connectivity index (χ1) is 16.9. The third-order valence-corrected chi connectivity index (χ3v) is 8.73. The van der Waals surface area contributed by atoms with Gasteiger partial charge in [0.05, 0.1) is 8.15 Å². The predicted octanol–water partition coefficient (Wildman–Crippen LogP) is 9.63. The van der Waals surface area contributed by atoms with E-state index in [1.807, 2.05) is 0 Å². The number of allylic oxidation sites excluding steroid dienone is 14. The van der Waals surface area contributed by atoms with Crippen LogP contribution in [0.15, 0.2) is 81.4 Å². The Bertz CT molecular complexity index is 847. The number of rotatable bonds is 3. The standard InChI is InChI=1S/C13H19OP.C11H16S.C7H13N/c1-11-6-5-9-13(10-11)15(14)12-7-3-2-4-8-12;1-3-6-10-7-4-5-8-11(10)9(2)12;8-7-5-3-1-2-4-6-7/h3,7-9,11,14H,2,4-6,10H2,1H3;4,6-7,12H,3,5,8H2,1-2H3;1-2,7H,3-6,8H2/b;10-6-,11-9+;/t11?,15-;;/m0../s1. The molecule has 0 heterocycles. The van der Waals surface area contributed by atoms with Crippen molar-refractivity contribution in [3.63, 3.8) is 0 Å². The van der Waals surface area contributed by atoms with Crippen LogP contribution in [0.1, 0.15) is 97.8 Å². The highest BCUT2D eigenvalue weighted by molar-refractivity contribution is 7.84. The van der Waals surface area contributed by atoms with Crippen molar-refractivity contribution in [3.8, 4) is 0 Å². The molecule has 0 aromatic rings. The van der Waals surface area contributed by atoms with E-state index < -0.39 is 8.15 Å². The van der Waals surface area contributed by atoms with Crippen molar-refractivity contribution in [2.45, 2.75) is 104 Å². The molecular weight excluding hydrogens is 465 g/mol. The second kappa shape index (κ2) is 17.4. The van der Waals surface area contributed by atoms with E-state index in [9.17, 15) is 4.89 Å². The van der Waals surface area contributed by atoms with Crippen LogP contribution >= 0.6 is 20.8 Å². The van der Waals surface area contributed by atoms with Crippen LogP contribution in [0.5, 0.6) is 0 Å². The first-order valence-electron chi connectivity index (χ1n) is 13.6. The fourth-order valence-corrected chi connectivity index (χ4v) is 6.56. The number of thiol groups is 1. The Balaban J connectivity index is 0.000000194. The fourth-order valence-electron chi connectivity index (χ4n) is 4.66. The minimum atomic E-state index is -1.01. The van der Waals surface area contributed by atoms with E-state index in [2.05, 4.69) is 88.1 Å². The highest BCUT2D eigenvalue weighted by Crippen LogP contribution is 2.53. The summed E-state index contributed by atoms with van der Waals surface area (Å²) in [5.41, 5.74) is 8.49. The Kier molecular flexibility index (Phi) is 14.9. The second-order valence-electron chi connectivity index (χ2n) is 9.96. The highest BCUT2D eigenvalue weighted by Gasteiger charge is 2.20. The van der Waals surface area contributed by atoms with Crippen LogP contribution < -0.4 is 5.73 Å². The van der Waals surface area contributed by atoms with Gasteiger partial charge in [0.1, 0.15) is 0 Å². The molecule has 194 valence electrons. The van der Waals surface area contributed by atoms with Crippen molar-refractivity contribution < 1.29 is 4.89 Å². The van der Waals surface area contributed by atoms with Gasteiger partial charge in [0, 0.05) is 11.4 Å². The van der Waals surface area contributed by atoms with Crippen LogP contribution in [0.3, 0.4) is 0 Å². The number of nitrogens with two attached hydrogens (primary N) is 1. The van der Waals surface area contributed by atoms with Crippen LogP contribution in [0.25, 0.3) is 0 Å². The monoisotopic (exact) mass is 513 g/mol. The lowest BCUT2D eigenvalue weighted by Crippen LogP contribution is -2.17. The molecule has 0 aromatic heterocycles. The van der Waals surface area contributed by atoms with Gasteiger partial charge in [0.2, 0.25) is 0 Å². The predicted molar refractivity (Wildman–Crippen MR) is 161 cm³/mol. The lowest BCUT2D eigenvalue weighted by atomic mass is 9.94. The average molecular weight is 514 g/mol. The van der Waals surface area contributed by atoms with Gasteiger partial charge in [0.15, 0.2) is 0 Å². The van der Waals surface area contributed by atoms with Gasteiger partial charge < -0.3 is 10.6 Å². The van der Waals surface area contributed by atoms with Gasteiger partial charge in [-0.05, 0) is 111 Å². The van der Waals surface area contributed by atoms with Gasteiger partial charge in [0.25, 0.3) is 0 Å². The van der Waals surface area contributed by atoms with Crippen molar-refractivity contribution >= 4 is 20.8 Å². The summed E-state index contributed by atoms with van der Waals surface area (Å²) in [6, 6.07) is 0.463. The second-order valence-corrected chi connectivity index (χ2v) is 12.3. The van der Waals surface area contributed by atoms with E-state index in [4.69, 9.17) is 5.73 Å². The summed E-state index contributed by atoms with van der Waals surface area (Å²) in [6.07, 6.45) is 33.8. The summed E-state index contributed by atoms with van der Waals surface area (Å²) in [6.45, 7) is 6.52. The van der Waals surface area contributed by atoms with E-state index in [1.165, 1.54) is 53.5 Å². The first-order valence-corrected chi connectivity index (χ1v) is 15.4. The summed E-state index contributed by atoms with van der Waals surface area (Å²) in [4.78, 5) is 11.5. The molecule has 0 radical (unpaired) electrons. The molecule has 3 N–H and O–H groups in total. The minimum absolute atomic E-state index is 0.463. The molecule has 0 bridgehead atoms. The zero-order chi connectivity index (χ0) is 25.5. The van der Waals surface area contributed by atoms with Gasteiger partial charge in [-0.1, -0.05) is 68.5 Å². The Morgan fingerprint density at radius 2 is 1.71 bits per heavy atom. The Labute approximate surface area is 222 Å². The maximum atomic E-state index is 10.3. The van der Waals surface area contributed by atoms with Crippen molar-refractivity contribution in [1.82, 2.24) is 0 Å². The van der Waals surface area contributed by atoms with Crippen molar-refractivity contribution in [3.05, 3.63) is 81.4 Å². The molecule has 2 atom stereocenters. The fraction of sp³-hybridized carbons (Fsp3) is 0.548. The van der Waals surface area contributed by atoms with Crippen molar-refractivity contribution in [2.24, 2.45) is 11.7 Å². The third kappa shape index (κ3) is 11.6. The molecule has 4 aliphatic carbocycles. The normalized spacial score (nSPS) is 25.9. The van der Waals surface area contributed by atoms with Crippen molar-refractivity contribution in [2.75, 3.05) is 0 Å². The Morgan fingerprint density at radius 1 is 1.00 bits per heavy atom. The summed E-state index contributed by atoms with van der Waals surface area (Å²) in [5, 5.41) is 2.46. The van der Waals surface area contributed by atoms with E-state index in [1.54, 1.807) is 0 Å². The maximum Gasteiger partial charge on any atom is 0.0829 e. The van der Waals surface area contributed by atoms with Gasteiger partial charge in [-0.2, -0.15) is 0 Å². The quantitative estimate of drug-likeness (QED) is 0.200. The molecule has 0 amide bonds. The molecule has 1 unspecified atom stereocenters. The molecule has 4 rings (SSSR count). The SMILES string of the molecule is CC/C=C1/C=CCC/C1=C(/C)S.CC1CCC=C([P@@](O)C2=CCCC=C2)C1.NC1CCC=CCC1. The summed E-state index contributed by atoms with van der Waals surface area (Å²) in [5.74, 6) is 0.746. The molecule has 0 spiro atoms. The van der Waals surface area contributed by atoms with E-state index >= 15 is 0 Å². The lowest BCUT2D eigenvalue weighted by molar-refractivity contribution is 0.515. The lowest BCUT2D eigenvalue weighted by Gasteiger charge is -2.24. The average Bonchev–Trinajstić information content (AvgIpc) is 3.13. The Hall–Kier alpha value is -1.12. The van der Waals surface area contributed by atoms with Gasteiger partial charge >= 0.3 is 0 Å². The Morgan fingerprint density at radius 3 is 2.31 bits per heavy atom. The minimum Gasteiger partial charge on any atom is -0.365 e. The molecule has 4 heteroatoms. The molecule has 2 nitrogen and oxygen atoms in total. The zero-order valence-corrected chi connectivity index (χ0v) is 24.0. The van der Waals surface area contributed by atoms with Crippen LogP contribution in [-0.4, -0.2) is 10.9 Å². The van der Waals surface area contributed by atoms with Crippen LogP contribution in [0.2, 0.25) is 0 Å². The summed E-state index contributed by atoms with van der Waals surface area (Å²) in [7, 11) is -1.01. The summed E-state index contributed by atoms with van der Waals surface area (Å²) < 4.78 is 0. The molecule has 0 saturated carbocycles. The van der Waals surface area contributed by atoms with Crippen LogP contribution in [-0.2, 0) is 0 Å². The van der Waals surface area contributed by atoms with E-state index in [0.29, 0.717) is 6.04 Å². The van der Waals surface area contributed by atoms with Crippen LogP contribution in [0.4, 0.5) is 0 Å². The smallest absolute Gasteiger partial charge is 0.0829 e. The maximum absolute atomic E-state index is 10.3. The first kappa shape index (κ1) is 30.1. The molecule has 0 aromatic carbocycles. The number of hydrogen-bond acceptors (Lipinski definition) is 3. The van der Waals surface area contributed by atoms with E-state index in [0.717, 1.165) is 56.2 Å². The molecular formula is C31H48NOPS. The molecule has 4 aliphatic rings. The van der Waals surface area contributed by atoms with Gasteiger partial charge in [-0.15, -0.1) is 12.6 Å². The molecule has 0 aliphatic heterocycles. The third-order valence-electron chi connectivity index (χ3n) is 6.73. The molecule has 0 saturated heterocycles.